The summed E-state index contributed by atoms with van der Waals surface area (Å²) >= 11 is 0. The molecule has 9 heteroatoms. The lowest BCUT2D eigenvalue weighted by Gasteiger charge is -2.27. The van der Waals surface area contributed by atoms with Crippen LogP contribution in [0, 0.1) is 5.82 Å². The van der Waals surface area contributed by atoms with Crippen LogP contribution >= 0.6 is 0 Å². The molecule has 2 N–H and O–H groups in total. The second-order valence-corrected chi connectivity index (χ2v) is 6.06. The molecular weight excluding hydrogens is 287 g/mol. The summed E-state index contributed by atoms with van der Waals surface area (Å²) in [6.45, 7) is 2.11. The van der Waals surface area contributed by atoms with Gasteiger partial charge in [-0.2, -0.15) is 0 Å². The molecule has 1 aromatic heterocycles. The van der Waals surface area contributed by atoms with Crippen LogP contribution in [0.3, 0.4) is 0 Å². The molecule has 1 saturated heterocycles. The largest absolute Gasteiger partial charge is 0.339 e. The summed E-state index contributed by atoms with van der Waals surface area (Å²) in [6, 6.07) is 0.852. The molecule has 0 saturated carbocycles. The Morgan fingerprint density at radius 3 is 2.75 bits per heavy atom. The Hall–Kier alpha value is -1.58. The van der Waals surface area contributed by atoms with E-state index in [9.17, 15) is 17.6 Å². The van der Waals surface area contributed by atoms with Crippen molar-refractivity contribution in [1.29, 1.82) is 0 Å². The fourth-order valence-electron chi connectivity index (χ4n) is 1.81. The summed E-state index contributed by atoms with van der Waals surface area (Å²) in [5.41, 5.74) is 0. The molecule has 1 aromatic rings. The van der Waals surface area contributed by atoms with Crippen LogP contribution in [0.4, 0.5) is 4.39 Å². The minimum atomic E-state index is -3.93. The van der Waals surface area contributed by atoms with E-state index in [-0.39, 0.29) is 17.3 Å². The molecule has 0 spiro atoms. The number of rotatable bonds is 4. The second kappa shape index (κ2) is 6.25. The lowest BCUT2D eigenvalue weighted by molar-refractivity contribution is -0.130. The number of halogens is 1. The third-order valence-electron chi connectivity index (χ3n) is 2.87. The first kappa shape index (κ1) is 14.8. The summed E-state index contributed by atoms with van der Waals surface area (Å²) in [7, 11) is -3.93. The van der Waals surface area contributed by atoms with Crippen LogP contribution in [0.2, 0.25) is 0 Å². The molecule has 7 nitrogen and oxygen atoms in total. The number of nitrogens with zero attached hydrogens (tertiary/aromatic N) is 2. The number of hydrogen-bond acceptors (Lipinski definition) is 5. The van der Waals surface area contributed by atoms with Gasteiger partial charge in [-0.25, -0.2) is 17.5 Å². The van der Waals surface area contributed by atoms with Crippen LogP contribution in [-0.4, -0.2) is 56.9 Å². The molecule has 1 amide bonds. The summed E-state index contributed by atoms with van der Waals surface area (Å²) in [6.07, 6.45) is 1.94. The number of piperazine rings is 1. The Labute approximate surface area is 116 Å². The van der Waals surface area contributed by atoms with Crippen molar-refractivity contribution in [2.45, 2.75) is 4.90 Å². The molecular formula is C11H15FN4O3S. The molecule has 20 heavy (non-hydrogen) atoms. The number of amides is 1. The molecule has 0 bridgehead atoms. The minimum Gasteiger partial charge on any atom is -0.339 e. The van der Waals surface area contributed by atoms with Crippen LogP contribution < -0.4 is 10.0 Å². The standard InChI is InChI=1S/C11H15FN4O3S/c12-9-5-10(7-14-6-9)20(18,19)15-8-11(17)16-3-1-13-2-4-16/h5-7,13,15H,1-4,8H2. The van der Waals surface area contributed by atoms with Crippen molar-refractivity contribution >= 4 is 15.9 Å². The van der Waals surface area contributed by atoms with Gasteiger partial charge in [0, 0.05) is 32.4 Å². The van der Waals surface area contributed by atoms with Crippen LogP contribution in [-0.2, 0) is 14.8 Å². The fourth-order valence-corrected chi connectivity index (χ4v) is 2.75. The molecule has 0 radical (unpaired) electrons. The van der Waals surface area contributed by atoms with Crippen LogP contribution in [0.15, 0.2) is 23.4 Å². The molecule has 0 atom stereocenters. The van der Waals surface area contributed by atoms with Gasteiger partial charge in [0.1, 0.15) is 10.7 Å². The van der Waals surface area contributed by atoms with Gasteiger partial charge in [-0.3, -0.25) is 9.78 Å². The topological polar surface area (TPSA) is 91.4 Å². The predicted molar refractivity (Wildman–Crippen MR) is 68.8 cm³/mol. The van der Waals surface area contributed by atoms with Gasteiger partial charge < -0.3 is 10.2 Å². The average molecular weight is 302 g/mol. The molecule has 2 heterocycles. The van der Waals surface area contributed by atoms with Crippen molar-refractivity contribution in [3.8, 4) is 0 Å². The highest BCUT2D eigenvalue weighted by Crippen LogP contribution is 2.08. The quantitative estimate of drug-likeness (QED) is 0.739. The Morgan fingerprint density at radius 1 is 1.40 bits per heavy atom. The van der Waals surface area contributed by atoms with Crippen molar-refractivity contribution in [3.05, 3.63) is 24.3 Å². The van der Waals surface area contributed by atoms with E-state index in [4.69, 9.17) is 0 Å². The molecule has 1 fully saturated rings. The first-order valence-corrected chi connectivity index (χ1v) is 7.56. The summed E-state index contributed by atoms with van der Waals surface area (Å²) in [5, 5.41) is 3.09. The maximum Gasteiger partial charge on any atom is 0.242 e. The number of sulfonamides is 1. The van der Waals surface area contributed by atoms with Gasteiger partial charge in [0.15, 0.2) is 0 Å². The van der Waals surface area contributed by atoms with Crippen LogP contribution in [0.1, 0.15) is 0 Å². The van der Waals surface area contributed by atoms with Gasteiger partial charge in [0.25, 0.3) is 0 Å². The molecule has 2 rings (SSSR count). The molecule has 110 valence electrons. The van der Waals surface area contributed by atoms with Gasteiger partial charge in [-0.15, -0.1) is 0 Å². The lowest BCUT2D eigenvalue weighted by atomic mass is 10.3. The van der Waals surface area contributed by atoms with Gasteiger partial charge in [-0.1, -0.05) is 0 Å². The van der Waals surface area contributed by atoms with Crippen molar-refractivity contribution in [2.24, 2.45) is 0 Å². The molecule has 0 unspecified atom stereocenters. The van der Waals surface area contributed by atoms with Crippen molar-refractivity contribution in [3.63, 3.8) is 0 Å². The van der Waals surface area contributed by atoms with E-state index in [0.717, 1.165) is 18.5 Å². The predicted octanol–water partition coefficient (Wildman–Crippen LogP) is -1.07. The van der Waals surface area contributed by atoms with E-state index in [1.54, 1.807) is 4.90 Å². The van der Waals surface area contributed by atoms with Gasteiger partial charge in [0.2, 0.25) is 15.9 Å². The lowest BCUT2D eigenvalue weighted by Crippen LogP contribution is -2.49. The SMILES string of the molecule is O=C(CNS(=O)(=O)c1cncc(F)c1)N1CCNCC1. The third-order valence-corrected chi connectivity index (χ3v) is 4.24. The van der Waals surface area contributed by atoms with Crippen LogP contribution in [0.25, 0.3) is 0 Å². The Bertz CT molecular complexity index is 587. The smallest absolute Gasteiger partial charge is 0.242 e. The van der Waals surface area contributed by atoms with Crippen LogP contribution in [0.5, 0.6) is 0 Å². The molecule has 0 aliphatic carbocycles. The maximum atomic E-state index is 13.0. The highest BCUT2D eigenvalue weighted by Gasteiger charge is 2.20. The number of hydrogen-bond donors (Lipinski definition) is 2. The van der Waals surface area contributed by atoms with Crippen molar-refractivity contribution in [1.82, 2.24) is 19.9 Å². The van der Waals surface area contributed by atoms with E-state index in [1.165, 1.54) is 0 Å². The zero-order valence-corrected chi connectivity index (χ0v) is 11.5. The zero-order chi connectivity index (χ0) is 14.6. The van der Waals surface area contributed by atoms with E-state index in [1.807, 2.05) is 0 Å². The zero-order valence-electron chi connectivity index (χ0n) is 10.7. The highest BCUT2D eigenvalue weighted by atomic mass is 32.2. The maximum absolute atomic E-state index is 13.0. The number of carbonyl (C=O) groups is 1. The second-order valence-electron chi connectivity index (χ2n) is 4.29. The monoisotopic (exact) mass is 302 g/mol. The molecule has 1 aliphatic rings. The Kier molecular flexibility index (Phi) is 4.63. The number of carbonyl (C=O) groups excluding carboxylic acids is 1. The Morgan fingerprint density at radius 2 is 2.10 bits per heavy atom. The van der Waals surface area contributed by atoms with E-state index >= 15 is 0 Å². The summed E-state index contributed by atoms with van der Waals surface area (Å²) in [5.74, 6) is -1.05. The average Bonchev–Trinajstić information content (AvgIpc) is 2.46. The van der Waals surface area contributed by atoms with E-state index in [2.05, 4.69) is 15.0 Å². The number of nitrogens with one attached hydrogen (secondary N) is 2. The minimum absolute atomic E-state index is 0.300. The Balaban J connectivity index is 1.97. The number of aromatic nitrogens is 1. The van der Waals surface area contributed by atoms with Crippen molar-refractivity contribution in [2.75, 3.05) is 32.7 Å². The molecule has 0 aromatic carbocycles. The summed E-state index contributed by atoms with van der Waals surface area (Å²) in [4.78, 5) is 16.6. The normalized spacial score (nSPS) is 16.1. The van der Waals surface area contributed by atoms with Crippen molar-refractivity contribution < 1.29 is 17.6 Å². The van der Waals surface area contributed by atoms with E-state index < -0.39 is 15.8 Å². The highest BCUT2D eigenvalue weighted by molar-refractivity contribution is 7.89. The third kappa shape index (κ3) is 3.71. The van der Waals surface area contributed by atoms with E-state index in [0.29, 0.717) is 26.2 Å². The number of pyridine rings is 1. The molecule has 1 aliphatic heterocycles. The van der Waals surface area contributed by atoms with Gasteiger partial charge in [0.05, 0.1) is 12.7 Å². The van der Waals surface area contributed by atoms with Gasteiger partial charge >= 0.3 is 0 Å². The first-order chi connectivity index (χ1) is 9.49. The first-order valence-electron chi connectivity index (χ1n) is 6.08. The fraction of sp³-hybridized carbons (Fsp3) is 0.455. The van der Waals surface area contributed by atoms with Gasteiger partial charge in [-0.05, 0) is 6.07 Å². The summed E-state index contributed by atoms with van der Waals surface area (Å²) < 4.78 is 38.8.